The molecule has 1 rings (SSSR count). The first kappa shape index (κ1) is 12.7. The van der Waals surface area contributed by atoms with E-state index in [1.807, 2.05) is 12.1 Å². The molecule has 0 spiro atoms. The molecular formula is C13H22N2O. The molecule has 0 saturated carbocycles. The third-order valence-corrected chi connectivity index (χ3v) is 2.57. The van der Waals surface area contributed by atoms with Gasteiger partial charge in [0.1, 0.15) is 5.75 Å². The minimum Gasteiger partial charge on any atom is -0.495 e. The minimum absolute atomic E-state index is 0.694. The highest BCUT2D eigenvalue weighted by atomic mass is 16.5. The van der Waals surface area contributed by atoms with E-state index >= 15 is 0 Å². The predicted molar refractivity (Wildman–Crippen MR) is 70.2 cm³/mol. The number of benzene rings is 1. The largest absolute Gasteiger partial charge is 0.495 e. The lowest BCUT2D eigenvalue weighted by Gasteiger charge is -2.24. The second-order valence-electron chi connectivity index (χ2n) is 3.91. The monoisotopic (exact) mass is 222 g/mol. The third-order valence-electron chi connectivity index (χ3n) is 2.57. The van der Waals surface area contributed by atoms with E-state index in [0.717, 1.165) is 31.7 Å². The average Bonchev–Trinajstić information content (AvgIpc) is 2.29. The van der Waals surface area contributed by atoms with Gasteiger partial charge in [0.05, 0.1) is 12.8 Å². The lowest BCUT2D eigenvalue weighted by Crippen LogP contribution is -2.24. The molecule has 16 heavy (non-hydrogen) atoms. The van der Waals surface area contributed by atoms with Crippen LogP contribution in [-0.4, -0.2) is 20.2 Å². The molecule has 0 radical (unpaired) electrons. The van der Waals surface area contributed by atoms with Gasteiger partial charge < -0.3 is 15.4 Å². The second kappa shape index (κ2) is 6.26. The number of rotatable bonds is 6. The summed E-state index contributed by atoms with van der Waals surface area (Å²) >= 11 is 0. The van der Waals surface area contributed by atoms with Crippen molar-refractivity contribution in [2.45, 2.75) is 26.7 Å². The quantitative estimate of drug-likeness (QED) is 0.752. The van der Waals surface area contributed by atoms with Crippen molar-refractivity contribution in [2.24, 2.45) is 0 Å². The van der Waals surface area contributed by atoms with Gasteiger partial charge in [-0.1, -0.05) is 13.8 Å². The van der Waals surface area contributed by atoms with Crippen molar-refractivity contribution < 1.29 is 4.74 Å². The van der Waals surface area contributed by atoms with Gasteiger partial charge in [0.2, 0.25) is 0 Å². The van der Waals surface area contributed by atoms with Crippen molar-refractivity contribution in [3.63, 3.8) is 0 Å². The first-order valence-corrected chi connectivity index (χ1v) is 5.91. The summed E-state index contributed by atoms with van der Waals surface area (Å²) < 4.78 is 5.24. The zero-order valence-electron chi connectivity index (χ0n) is 10.5. The summed E-state index contributed by atoms with van der Waals surface area (Å²) in [6.07, 6.45) is 2.29. The Bertz CT molecular complexity index is 320. The summed E-state index contributed by atoms with van der Waals surface area (Å²) in [7, 11) is 1.65. The summed E-state index contributed by atoms with van der Waals surface area (Å²) in [5, 5.41) is 0. The Morgan fingerprint density at radius 1 is 1.19 bits per heavy atom. The maximum Gasteiger partial charge on any atom is 0.143 e. The summed E-state index contributed by atoms with van der Waals surface area (Å²) in [6, 6.07) is 5.98. The van der Waals surface area contributed by atoms with Crippen molar-refractivity contribution in [1.29, 1.82) is 0 Å². The van der Waals surface area contributed by atoms with Crippen LogP contribution < -0.4 is 15.4 Å². The fourth-order valence-electron chi connectivity index (χ4n) is 1.81. The normalized spacial score (nSPS) is 10.2. The molecule has 0 heterocycles. The molecule has 1 aromatic carbocycles. The molecule has 0 aliphatic carbocycles. The number of hydrogen-bond donors (Lipinski definition) is 1. The first-order valence-electron chi connectivity index (χ1n) is 5.91. The molecule has 2 N–H and O–H groups in total. The molecule has 0 aliphatic heterocycles. The van der Waals surface area contributed by atoms with Crippen molar-refractivity contribution in [3.05, 3.63) is 18.2 Å². The zero-order valence-corrected chi connectivity index (χ0v) is 10.5. The molecule has 0 saturated heterocycles. The Balaban J connectivity index is 2.90. The molecule has 0 aromatic heterocycles. The summed E-state index contributed by atoms with van der Waals surface area (Å²) in [5.41, 5.74) is 7.69. The molecule has 1 aromatic rings. The van der Waals surface area contributed by atoms with Gasteiger partial charge in [-0.2, -0.15) is 0 Å². The van der Waals surface area contributed by atoms with E-state index in [2.05, 4.69) is 24.8 Å². The molecule has 3 nitrogen and oxygen atoms in total. The van der Waals surface area contributed by atoms with Crippen LogP contribution in [0.3, 0.4) is 0 Å². The van der Waals surface area contributed by atoms with Crippen LogP contribution in [0.4, 0.5) is 11.4 Å². The molecule has 0 bridgehead atoms. The zero-order chi connectivity index (χ0) is 12.0. The van der Waals surface area contributed by atoms with Crippen LogP contribution in [-0.2, 0) is 0 Å². The third kappa shape index (κ3) is 3.05. The van der Waals surface area contributed by atoms with Crippen LogP contribution in [0.2, 0.25) is 0 Å². The van der Waals surface area contributed by atoms with Gasteiger partial charge >= 0.3 is 0 Å². The highest BCUT2D eigenvalue weighted by Gasteiger charge is 2.07. The van der Waals surface area contributed by atoms with Crippen molar-refractivity contribution in [2.75, 3.05) is 30.8 Å². The van der Waals surface area contributed by atoms with E-state index < -0.39 is 0 Å². The number of anilines is 2. The lowest BCUT2D eigenvalue weighted by molar-refractivity contribution is 0.417. The van der Waals surface area contributed by atoms with Crippen LogP contribution in [0.15, 0.2) is 18.2 Å². The molecule has 0 aliphatic rings. The molecule has 0 unspecified atom stereocenters. The Morgan fingerprint density at radius 3 is 2.31 bits per heavy atom. The highest BCUT2D eigenvalue weighted by Crippen LogP contribution is 2.27. The Morgan fingerprint density at radius 2 is 1.81 bits per heavy atom. The second-order valence-corrected chi connectivity index (χ2v) is 3.91. The van der Waals surface area contributed by atoms with Gasteiger partial charge in [-0.3, -0.25) is 0 Å². The summed E-state index contributed by atoms with van der Waals surface area (Å²) in [4.78, 5) is 2.36. The molecular weight excluding hydrogens is 200 g/mol. The fourth-order valence-corrected chi connectivity index (χ4v) is 1.81. The Kier molecular flexibility index (Phi) is 4.96. The van der Waals surface area contributed by atoms with Crippen molar-refractivity contribution in [3.8, 4) is 5.75 Å². The number of nitrogens with zero attached hydrogens (tertiary/aromatic N) is 1. The highest BCUT2D eigenvalue weighted by molar-refractivity contribution is 5.62. The average molecular weight is 222 g/mol. The predicted octanol–water partition coefficient (Wildman–Crippen LogP) is 2.90. The van der Waals surface area contributed by atoms with E-state index in [1.54, 1.807) is 7.11 Å². The maximum absolute atomic E-state index is 5.80. The van der Waals surface area contributed by atoms with Crippen LogP contribution in [0, 0.1) is 0 Å². The van der Waals surface area contributed by atoms with Gasteiger partial charge in [-0.25, -0.2) is 0 Å². The van der Waals surface area contributed by atoms with Gasteiger partial charge in [0.15, 0.2) is 0 Å². The molecule has 0 amide bonds. The standard InChI is InChI=1S/C13H22N2O/c1-4-8-15(9-5-2)11-6-7-12(14)13(10-11)16-3/h6-7,10H,4-5,8-9,14H2,1-3H3. The number of methoxy groups -OCH3 is 1. The van der Waals surface area contributed by atoms with E-state index in [0.29, 0.717) is 5.69 Å². The van der Waals surface area contributed by atoms with Crippen LogP contribution in [0.5, 0.6) is 5.75 Å². The SMILES string of the molecule is CCCN(CCC)c1ccc(N)c(OC)c1. The first-order chi connectivity index (χ1) is 7.72. The van der Waals surface area contributed by atoms with E-state index in [-0.39, 0.29) is 0 Å². The van der Waals surface area contributed by atoms with Crippen LogP contribution in [0.25, 0.3) is 0 Å². The summed E-state index contributed by atoms with van der Waals surface area (Å²) in [6.45, 7) is 6.52. The van der Waals surface area contributed by atoms with E-state index in [9.17, 15) is 0 Å². The Labute approximate surface area is 98.2 Å². The van der Waals surface area contributed by atoms with E-state index in [1.165, 1.54) is 5.69 Å². The van der Waals surface area contributed by atoms with Gasteiger partial charge in [-0.15, -0.1) is 0 Å². The molecule has 3 heteroatoms. The molecule has 0 atom stereocenters. The number of hydrogen-bond acceptors (Lipinski definition) is 3. The Hall–Kier alpha value is -1.38. The number of ether oxygens (including phenoxy) is 1. The van der Waals surface area contributed by atoms with Gasteiger partial charge in [-0.05, 0) is 25.0 Å². The van der Waals surface area contributed by atoms with Gasteiger partial charge in [0, 0.05) is 24.8 Å². The topological polar surface area (TPSA) is 38.5 Å². The van der Waals surface area contributed by atoms with E-state index in [4.69, 9.17) is 10.5 Å². The maximum atomic E-state index is 5.80. The molecule has 0 fully saturated rings. The van der Waals surface area contributed by atoms with Crippen molar-refractivity contribution >= 4 is 11.4 Å². The number of nitrogens with two attached hydrogens (primary N) is 1. The van der Waals surface area contributed by atoms with Crippen LogP contribution >= 0.6 is 0 Å². The fraction of sp³-hybridized carbons (Fsp3) is 0.538. The van der Waals surface area contributed by atoms with Gasteiger partial charge in [0.25, 0.3) is 0 Å². The molecule has 90 valence electrons. The lowest BCUT2D eigenvalue weighted by atomic mass is 10.2. The van der Waals surface area contributed by atoms with Crippen molar-refractivity contribution in [1.82, 2.24) is 0 Å². The summed E-state index contributed by atoms with van der Waals surface area (Å²) in [5.74, 6) is 0.759. The minimum atomic E-state index is 0.694. The number of nitrogen functional groups attached to an aromatic ring is 1. The smallest absolute Gasteiger partial charge is 0.143 e. The van der Waals surface area contributed by atoms with Crippen LogP contribution in [0.1, 0.15) is 26.7 Å².